The molecule has 0 fully saturated rings. The summed E-state index contributed by atoms with van der Waals surface area (Å²) in [6, 6.07) is 12.1. The van der Waals surface area contributed by atoms with Gasteiger partial charge >= 0.3 is 6.09 Å². The van der Waals surface area contributed by atoms with E-state index < -0.39 is 6.09 Å². The number of nitrogens with zero attached hydrogens (tertiary/aromatic N) is 1. The van der Waals surface area contributed by atoms with Crippen LogP contribution in [0.1, 0.15) is 5.56 Å². The van der Waals surface area contributed by atoms with Crippen LogP contribution in [0.4, 0.5) is 4.79 Å². The maximum absolute atomic E-state index is 10.9. The number of amides is 1. The molecular formula is C15H12Cl2N2O3. The lowest BCUT2D eigenvalue weighted by molar-refractivity contribution is 0.154. The van der Waals surface area contributed by atoms with Gasteiger partial charge in [-0.1, -0.05) is 40.5 Å². The Labute approximate surface area is 137 Å². The van der Waals surface area contributed by atoms with Crippen LogP contribution in [0, 0.1) is 0 Å². The van der Waals surface area contributed by atoms with E-state index in [0.29, 0.717) is 27.1 Å². The van der Waals surface area contributed by atoms with Crippen molar-refractivity contribution in [3.05, 3.63) is 58.1 Å². The smallest absolute Gasteiger partial charge is 0.433 e. The number of rotatable bonds is 4. The molecule has 0 atom stereocenters. The molecule has 0 aliphatic carbocycles. The molecular weight excluding hydrogens is 327 g/mol. The predicted molar refractivity (Wildman–Crippen MR) is 86.1 cm³/mol. The lowest BCUT2D eigenvalue weighted by Crippen LogP contribution is -2.16. The SMILES string of the molecule is CNC(=O)O/N=C/c1cccc(Oc2ccc(Cl)c(Cl)c2)c1. The molecule has 7 heteroatoms. The third-order valence-electron chi connectivity index (χ3n) is 2.53. The summed E-state index contributed by atoms with van der Waals surface area (Å²) in [5.74, 6) is 1.15. The number of hydrogen-bond donors (Lipinski definition) is 1. The van der Waals surface area contributed by atoms with Gasteiger partial charge < -0.3 is 10.1 Å². The van der Waals surface area contributed by atoms with E-state index in [2.05, 4.69) is 15.3 Å². The van der Waals surface area contributed by atoms with Gasteiger partial charge in [-0.2, -0.15) is 0 Å². The Hall–Kier alpha value is -2.24. The van der Waals surface area contributed by atoms with Crippen molar-refractivity contribution in [1.82, 2.24) is 5.32 Å². The molecule has 0 spiro atoms. The Bertz CT molecular complexity index is 705. The van der Waals surface area contributed by atoms with E-state index in [-0.39, 0.29) is 0 Å². The number of ether oxygens (including phenoxy) is 1. The number of carbonyl (C=O) groups is 1. The highest BCUT2D eigenvalue weighted by Gasteiger charge is 2.02. The molecule has 1 amide bonds. The molecule has 22 heavy (non-hydrogen) atoms. The lowest BCUT2D eigenvalue weighted by Gasteiger charge is -2.07. The molecule has 114 valence electrons. The second-order valence-electron chi connectivity index (χ2n) is 4.11. The minimum Gasteiger partial charge on any atom is -0.457 e. The number of benzene rings is 2. The summed E-state index contributed by atoms with van der Waals surface area (Å²) in [5.41, 5.74) is 0.710. The van der Waals surface area contributed by atoms with Crippen molar-refractivity contribution in [2.24, 2.45) is 5.16 Å². The first-order valence-electron chi connectivity index (χ1n) is 6.23. The first kappa shape index (κ1) is 16.1. The lowest BCUT2D eigenvalue weighted by atomic mass is 10.2. The summed E-state index contributed by atoms with van der Waals surface area (Å²) >= 11 is 11.8. The van der Waals surface area contributed by atoms with Gasteiger partial charge in [0.2, 0.25) is 0 Å². The maximum Gasteiger partial charge on any atom is 0.433 e. The van der Waals surface area contributed by atoms with Crippen LogP contribution in [0.2, 0.25) is 10.0 Å². The summed E-state index contributed by atoms with van der Waals surface area (Å²) in [5, 5.41) is 6.71. The molecule has 1 N–H and O–H groups in total. The van der Waals surface area contributed by atoms with Gasteiger partial charge in [-0.05, 0) is 29.8 Å². The highest BCUT2D eigenvalue weighted by Crippen LogP contribution is 2.29. The monoisotopic (exact) mass is 338 g/mol. The summed E-state index contributed by atoms with van der Waals surface area (Å²) < 4.78 is 5.68. The van der Waals surface area contributed by atoms with Gasteiger partial charge in [0.05, 0.1) is 16.3 Å². The first-order valence-corrected chi connectivity index (χ1v) is 6.99. The third-order valence-corrected chi connectivity index (χ3v) is 3.27. The van der Waals surface area contributed by atoms with E-state index in [1.165, 1.54) is 13.3 Å². The van der Waals surface area contributed by atoms with Crippen molar-refractivity contribution in [3.63, 3.8) is 0 Å². The molecule has 0 aliphatic heterocycles. The van der Waals surface area contributed by atoms with E-state index in [4.69, 9.17) is 27.9 Å². The minimum absolute atomic E-state index is 0.413. The topological polar surface area (TPSA) is 59.9 Å². The molecule has 0 bridgehead atoms. The zero-order valence-corrected chi connectivity index (χ0v) is 13.1. The third kappa shape index (κ3) is 4.65. The number of nitrogens with one attached hydrogen (secondary N) is 1. The Balaban J connectivity index is 2.07. The molecule has 0 aromatic heterocycles. The summed E-state index contributed by atoms with van der Waals surface area (Å²) in [6.07, 6.45) is 0.760. The van der Waals surface area contributed by atoms with Crippen LogP contribution >= 0.6 is 23.2 Å². The van der Waals surface area contributed by atoms with Crippen molar-refractivity contribution in [2.75, 3.05) is 7.05 Å². The quantitative estimate of drug-likeness (QED) is 0.508. The summed E-state index contributed by atoms with van der Waals surface area (Å²) in [7, 11) is 1.45. The Morgan fingerprint density at radius 1 is 1.14 bits per heavy atom. The second kappa shape index (κ2) is 7.68. The van der Waals surface area contributed by atoms with Crippen LogP contribution in [0.25, 0.3) is 0 Å². The van der Waals surface area contributed by atoms with E-state index in [1.807, 2.05) is 0 Å². The number of carbonyl (C=O) groups excluding carboxylic acids is 1. The fourth-order valence-corrected chi connectivity index (χ4v) is 1.80. The fraction of sp³-hybridized carbons (Fsp3) is 0.0667. The van der Waals surface area contributed by atoms with Crippen molar-refractivity contribution < 1.29 is 14.4 Å². The van der Waals surface area contributed by atoms with Crippen molar-refractivity contribution in [2.45, 2.75) is 0 Å². The Kier molecular flexibility index (Phi) is 5.63. The maximum atomic E-state index is 10.9. The minimum atomic E-state index is -0.639. The molecule has 0 radical (unpaired) electrons. The van der Waals surface area contributed by atoms with Gasteiger partial charge in [0.15, 0.2) is 0 Å². The molecule has 2 aromatic carbocycles. The standard InChI is InChI=1S/C15H12Cl2N2O3/c1-18-15(20)22-19-9-10-3-2-4-11(7-10)21-12-5-6-13(16)14(17)8-12/h2-9H,1H3,(H,18,20)/b19-9+. The van der Waals surface area contributed by atoms with Crippen molar-refractivity contribution in [3.8, 4) is 11.5 Å². The summed E-state index contributed by atoms with van der Waals surface area (Å²) in [4.78, 5) is 15.4. The van der Waals surface area contributed by atoms with Crippen molar-refractivity contribution >= 4 is 35.5 Å². The zero-order chi connectivity index (χ0) is 15.9. The van der Waals surface area contributed by atoms with Gasteiger partial charge in [-0.15, -0.1) is 0 Å². The molecule has 0 aliphatic rings. The first-order chi connectivity index (χ1) is 10.6. The highest BCUT2D eigenvalue weighted by molar-refractivity contribution is 6.42. The summed E-state index contributed by atoms with van der Waals surface area (Å²) in [6.45, 7) is 0. The fourth-order valence-electron chi connectivity index (χ4n) is 1.52. The van der Waals surface area contributed by atoms with E-state index in [0.717, 1.165) is 0 Å². The van der Waals surface area contributed by atoms with Gasteiger partial charge in [-0.25, -0.2) is 4.79 Å². The van der Waals surface area contributed by atoms with Crippen LogP contribution in [-0.2, 0) is 4.84 Å². The van der Waals surface area contributed by atoms with E-state index in [1.54, 1.807) is 42.5 Å². The molecule has 2 aromatic rings. The normalized spacial score (nSPS) is 10.5. The molecule has 0 saturated heterocycles. The van der Waals surface area contributed by atoms with Crippen LogP contribution in [0.15, 0.2) is 47.6 Å². The molecule has 0 heterocycles. The second-order valence-corrected chi connectivity index (χ2v) is 4.93. The van der Waals surface area contributed by atoms with Gasteiger partial charge in [-0.3, -0.25) is 4.84 Å². The van der Waals surface area contributed by atoms with Gasteiger partial charge in [0.25, 0.3) is 0 Å². The average molecular weight is 339 g/mol. The number of halogens is 2. The van der Waals surface area contributed by atoms with E-state index in [9.17, 15) is 4.79 Å². The van der Waals surface area contributed by atoms with Crippen LogP contribution in [0.5, 0.6) is 11.5 Å². The largest absolute Gasteiger partial charge is 0.457 e. The van der Waals surface area contributed by atoms with E-state index >= 15 is 0 Å². The number of hydrogen-bond acceptors (Lipinski definition) is 4. The van der Waals surface area contributed by atoms with Crippen LogP contribution in [-0.4, -0.2) is 19.4 Å². The molecule has 2 rings (SSSR count). The Morgan fingerprint density at radius 2 is 1.91 bits per heavy atom. The zero-order valence-electron chi connectivity index (χ0n) is 11.5. The highest BCUT2D eigenvalue weighted by atomic mass is 35.5. The van der Waals surface area contributed by atoms with Gasteiger partial charge in [0.1, 0.15) is 11.5 Å². The predicted octanol–water partition coefficient (Wildman–Crippen LogP) is 4.48. The van der Waals surface area contributed by atoms with Gasteiger partial charge in [0, 0.05) is 13.1 Å². The average Bonchev–Trinajstić information content (AvgIpc) is 2.51. The Morgan fingerprint density at radius 3 is 2.64 bits per heavy atom. The number of oxime groups is 1. The van der Waals surface area contributed by atoms with Crippen LogP contribution < -0.4 is 10.1 Å². The molecule has 0 saturated carbocycles. The molecule has 5 nitrogen and oxygen atoms in total. The molecule has 0 unspecified atom stereocenters. The van der Waals surface area contributed by atoms with Crippen molar-refractivity contribution in [1.29, 1.82) is 0 Å². The van der Waals surface area contributed by atoms with Crippen LogP contribution in [0.3, 0.4) is 0 Å².